The van der Waals surface area contributed by atoms with Crippen molar-refractivity contribution in [2.24, 2.45) is 0 Å². The summed E-state index contributed by atoms with van der Waals surface area (Å²) >= 11 is 0. The van der Waals surface area contributed by atoms with Crippen molar-refractivity contribution in [3.05, 3.63) is 70.8 Å². The van der Waals surface area contributed by atoms with Gasteiger partial charge >= 0.3 is 0 Å². The van der Waals surface area contributed by atoms with Crippen LogP contribution in [0.25, 0.3) is 0 Å². The molecule has 0 amide bonds. The van der Waals surface area contributed by atoms with E-state index in [-0.39, 0.29) is 5.78 Å². The maximum absolute atomic E-state index is 12.2. The van der Waals surface area contributed by atoms with Crippen molar-refractivity contribution in [1.29, 1.82) is 0 Å². The van der Waals surface area contributed by atoms with Crippen LogP contribution in [0.3, 0.4) is 0 Å². The molecule has 2 aromatic carbocycles. The quantitative estimate of drug-likeness (QED) is 0.725. The molecule has 0 atom stereocenters. The maximum Gasteiger partial charge on any atom is 0.193 e. The van der Waals surface area contributed by atoms with Crippen LogP contribution in [-0.4, -0.2) is 5.78 Å². The third-order valence-electron chi connectivity index (χ3n) is 2.94. The smallest absolute Gasteiger partial charge is 0.193 e. The number of benzene rings is 2. The van der Waals surface area contributed by atoms with Crippen LogP contribution in [0.15, 0.2) is 48.5 Å². The lowest BCUT2D eigenvalue weighted by Gasteiger charge is -2.03. The Labute approximate surface area is 102 Å². The van der Waals surface area contributed by atoms with E-state index in [1.807, 2.05) is 55.5 Å². The molecule has 0 heterocycles. The lowest BCUT2D eigenvalue weighted by atomic mass is 10.0. The van der Waals surface area contributed by atoms with Crippen molar-refractivity contribution >= 4 is 5.78 Å². The molecule has 1 heteroatoms. The molecular weight excluding hydrogens is 208 g/mol. The van der Waals surface area contributed by atoms with E-state index in [0.29, 0.717) is 0 Å². The van der Waals surface area contributed by atoms with Crippen LogP contribution < -0.4 is 0 Å². The second-order valence-corrected chi connectivity index (χ2v) is 4.25. The molecule has 0 aliphatic carbocycles. The van der Waals surface area contributed by atoms with Crippen LogP contribution in [0, 0.1) is 6.92 Å². The highest BCUT2D eigenvalue weighted by Crippen LogP contribution is 2.12. The van der Waals surface area contributed by atoms with Crippen LogP contribution >= 0.6 is 0 Å². The number of hydrogen-bond donors (Lipinski definition) is 0. The Hall–Kier alpha value is -1.89. The molecule has 0 aliphatic heterocycles. The van der Waals surface area contributed by atoms with E-state index in [1.54, 1.807) is 0 Å². The van der Waals surface area contributed by atoms with Gasteiger partial charge in [0.1, 0.15) is 0 Å². The lowest BCUT2D eigenvalue weighted by Crippen LogP contribution is -2.01. The summed E-state index contributed by atoms with van der Waals surface area (Å²) in [6.45, 7) is 4.13. The predicted molar refractivity (Wildman–Crippen MR) is 70.4 cm³/mol. The molecule has 0 radical (unpaired) electrons. The van der Waals surface area contributed by atoms with E-state index >= 15 is 0 Å². The first-order valence-corrected chi connectivity index (χ1v) is 5.91. The van der Waals surface area contributed by atoms with Crippen LogP contribution in [-0.2, 0) is 6.42 Å². The maximum atomic E-state index is 12.2. The molecule has 0 aliphatic rings. The highest BCUT2D eigenvalue weighted by atomic mass is 16.1. The Morgan fingerprint density at radius 1 is 0.882 bits per heavy atom. The van der Waals surface area contributed by atoms with Gasteiger partial charge in [-0.1, -0.05) is 61.0 Å². The van der Waals surface area contributed by atoms with Gasteiger partial charge < -0.3 is 0 Å². The number of ketones is 1. The van der Waals surface area contributed by atoms with Crippen molar-refractivity contribution in [2.45, 2.75) is 20.3 Å². The van der Waals surface area contributed by atoms with Crippen molar-refractivity contribution in [2.75, 3.05) is 0 Å². The van der Waals surface area contributed by atoms with Crippen molar-refractivity contribution in [1.82, 2.24) is 0 Å². The van der Waals surface area contributed by atoms with Gasteiger partial charge in [0, 0.05) is 11.1 Å². The van der Waals surface area contributed by atoms with Crippen LogP contribution in [0.2, 0.25) is 0 Å². The van der Waals surface area contributed by atoms with Gasteiger partial charge in [-0.3, -0.25) is 4.79 Å². The zero-order valence-corrected chi connectivity index (χ0v) is 10.2. The molecule has 17 heavy (non-hydrogen) atoms. The van der Waals surface area contributed by atoms with E-state index in [0.717, 1.165) is 17.5 Å². The molecule has 0 unspecified atom stereocenters. The first-order valence-electron chi connectivity index (χ1n) is 5.91. The average molecular weight is 224 g/mol. The Morgan fingerprint density at radius 2 is 1.35 bits per heavy atom. The third kappa shape index (κ3) is 2.62. The Balaban J connectivity index is 2.27. The zero-order chi connectivity index (χ0) is 12.3. The summed E-state index contributed by atoms with van der Waals surface area (Å²) < 4.78 is 0. The number of hydrogen-bond acceptors (Lipinski definition) is 1. The minimum absolute atomic E-state index is 0.0904. The van der Waals surface area contributed by atoms with Crippen molar-refractivity contribution in [3.8, 4) is 0 Å². The van der Waals surface area contributed by atoms with Gasteiger partial charge in [0.2, 0.25) is 0 Å². The lowest BCUT2D eigenvalue weighted by molar-refractivity contribution is 0.103. The summed E-state index contributed by atoms with van der Waals surface area (Å²) in [4.78, 5) is 12.2. The highest BCUT2D eigenvalue weighted by Gasteiger charge is 2.07. The fourth-order valence-corrected chi connectivity index (χ4v) is 1.76. The standard InChI is InChI=1S/C16H16O/c1-3-13-6-10-15(11-7-13)16(17)14-8-4-12(2)5-9-14/h4-11H,3H2,1-2H3. The monoisotopic (exact) mass is 224 g/mol. The van der Waals surface area contributed by atoms with E-state index in [4.69, 9.17) is 0 Å². The number of rotatable bonds is 3. The minimum Gasteiger partial charge on any atom is -0.289 e. The molecule has 1 nitrogen and oxygen atoms in total. The molecule has 0 spiro atoms. The molecule has 0 fully saturated rings. The molecule has 0 N–H and O–H groups in total. The minimum atomic E-state index is 0.0904. The number of carbonyl (C=O) groups is 1. The topological polar surface area (TPSA) is 17.1 Å². The molecule has 0 bridgehead atoms. The summed E-state index contributed by atoms with van der Waals surface area (Å²) in [6.07, 6.45) is 0.999. The molecule has 2 aromatic rings. The molecular formula is C16H16O. The first-order chi connectivity index (χ1) is 8.20. The predicted octanol–water partition coefficient (Wildman–Crippen LogP) is 3.79. The fraction of sp³-hybridized carbons (Fsp3) is 0.188. The summed E-state index contributed by atoms with van der Waals surface area (Å²) in [7, 11) is 0. The average Bonchev–Trinajstić information content (AvgIpc) is 2.39. The van der Waals surface area contributed by atoms with Crippen LogP contribution in [0.5, 0.6) is 0 Å². The Morgan fingerprint density at radius 3 is 1.82 bits per heavy atom. The van der Waals surface area contributed by atoms with Gasteiger partial charge in [-0.25, -0.2) is 0 Å². The van der Waals surface area contributed by atoms with E-state index in [2.05, 4.69) is 6.92 Å². The van der Waals surface area contributed by atoms with Crippen LogP contribution in [0.1, 0.15) is 34.0 Å². The molecule has 86 valence electrons. The van der Waals surface area contributed by atoms with E-state index in [1.165, 1.54) is 11.1 Å². The molecule has 2 rings (SSSR count). The van der Waals surface area contributed by atoms with Crippen LogP contribution in [0.4, 0.5) is 0 Å². The van der Waals surface area contributed by atoms with Gasteiger partial charge in [0.15, 0.2) is 5.78 Å². The highest BCUT2D eigenvalue weighted by molar-refractivity contribution is 6.08. The zero-order valence-electron chi connectivity index (χ0n) is 10.2. The Bertz CT molecular complexity index is 506. The molecule has 0 saturated heterocycles. The van der Waals surface area contributed by atoms with Gasteiger partial charge in [0.25, 0.3) is 0 Å². The summed E-state index contributed by atoms with van der Waals surface area (Å²) in [6, 6.07) is 15.5. The summed E-state index contributed by atoms with van der Waals surface area (Å²) in [5, 5.41) is 0. The Kier molecular flexibility index (Phi) is 3.38. The van der Waals surface area contributed by atoms with Crippen molar-refractivity contribution in [3.63, 3.8) is 0 Å². The van der Waals surface area contributed by atoms with Crippen molar-refractivity contribution < 1.29 is 4.79 Å². The largest absolute Gasteiger partial charge is 0.289 e. The third-order valence-corrected chi connectivity index (χ3v) is 2.94. The normalized spacial score (nSPS) is 10.2. The first kappa shape index (κ1) is 11.6. The number of carbonyl (C=O) groups excluding carboxylic acids is 1. The van der Waals surface area contributed by atoms with Gasteiger partial charge in [-0.05, 0) is 18.9 Å². The van der Waals surface area contributed by atoms with Gasteiger partial charge in [-0.2, -0.15) is 0 Å². The van der Waals surface area contributed by atoms with E-state index < -0.39 is 0 Å². The molecule has 0 saturated carbocycles. The molecule has 0 aromatic heterocycles. The van der Waals surface area contributed by atoms with Gasteiger partial charge in [-0.15, -0.1) is 0 Å². The second kappa shape index (κ2) is 4.96. The second-order valence-electron chi connectivity index (χ2n) is 4.25. The fourth-order valence-electron chi connectivity index (χ4n) is 1.76. The summed E-state index contributed by atoms with van der Waals surface area (Å²) in [5.74, 6) is 0.0904. The number of aryl methyl sites for hydroxylation is 2. The van der Waals surface area contributed by atoms with E-state index in [9.17, 15) is 4.79 Å². The van der Waals surface area contributed by atoms with Gasteiger partial charge in [0.05, 0.1) is 0 Å². The summed E-state index contributed by atoms with van der Waals surface area (Å²) in [5.41, 5.74) is 3.93. The SMILES string of the molecule is CCc1ccc(C(=O)c2ccc(C)cc2)cc1.